The number of carbonyl (C=O) groups is 1. The van der Waals surface area contributed by atoms with Gasteiger partial charge in [0, 0.05) is 26.3 Å². The average molecular weight is 330 g/mol. The summed E-state index contributed by atoms with van der Waals surface area (Å²) in [4.78, 5) is 14.6. The van der Waals surface area contributed by atoms with Gasteiger partial charge in [-0.2, -0.15) is 0 Å². The highest BCUT2D eigenvalue weighted by Crippen LogP contribution is 2.39. The molecule has 3 rings (SSSR count). The molecule has 2 saturated heterocycles. The van der Waals surface area contributed by atoms with Gasteiger partial charge < -0.3 is 15.4 Å². The lowest BCUT2D eigenvalue weighted by atomic mass is 9.85. The summed E-state index contributed by atoms with van der Waals surface area (Å²) in [5, 5.41) is 0. The van der Waals surface area contributed by atoms with Crippen molar-refractivity contribution < 1.29 is 17.9 Å². The Bertz CT molecular complexity index is 534. The van der Waals surface area contributed by atoms with Crippen molar-refractivity contribution in [1.29, 1.82) is 0 Å². The Morgan fingerprint density at radius 3 is 2.32 bits per heavy atom. The Balaban J connectivity index is 1.80. The van der Waals surface area contributed by atoms with Crippen LogP contribution in [0.25, 0.3) is 0 Å². The minimum Gasteiger partial charge on any atom is -0.381 e. The molecule has 0 aromatic carbocycles. The molecule has 0 aromatic rings. The van der Waals surface area contributed by atoms with Gasteiger partial charge in [-0.1, -0.05) is 19.3 Å². The number of amides is 1. The normalized spacial score (nSPS) is 30.1. The molecule has 2 heterocycles. The van der Waals surface area contributed by atoms with E-state index in [2.05, 4.69) is 0 Å². The molecular weight excluding hydrogens is 304 g/mol. The highest BCUT2D eigenvalue weighted by Gasteiger charge is 2.51. The van der Waals surface area contributed by atoms with E-state index in [9.17, 15) is 13.2 Å². The monoisotopic (exact) mass is 330 g/mol. The number of carbonyl (C=O) groups excluding carboxylic acids is 1. The molecule has 126 valence electrons. The fraction of sp³-hybridized carbons (Fsp3) is 0.933. The van der Waals surface area contributed by atoms with Crippen LogP contribution in [0.15, 0.2) is 0 Å². The van der Waals surface area contributed by atoms with Crippen LogP contribution in [0, 0.1) is 0 Å². The first-order valence-electron chi connectivity index (χ1n) is 8.27. The lowest BCUT2D eigenvalue weighted by molar-refractivity contribution is -0.141. The van der Waals surface area contributed by atoms with E-state index in [1.165, 1.54) is 0 Å². The third-order valence-corrected chi connectivity index (χ3v) is 8.21. The summed E-state index contributed by atoms with van der Waals surface area (Å²) in [6.07, 6.45) is 5.35. The first-order valence-corrected chi connectivity index (χ1v) is 9.92. The number of hydrogen-bond donors (Lipinski definition) is 1. The predicted molar refractivity (Wildman–Crippen MR) is 83.2 cm³/mol. The summed E-state index contributed by atoms with van der Waals surface area (Å²) in [5.74, 6) is -0.0126. The summed E-state index contributed by atoms with van der Waals surface area (Å²) in [5.41, 5.74) is 5.42. The second kappa shape index (κ2) is 5.76. The van der Waals surface area contributed by atoms with Crippen LogP contribution < -0.4 is 5.73 Å². The number of rotatable bonds is 1. The van der Waals surface area contributed by atoms with Gasteiger partial charge in [-0.3, -0.25) is 4.79 Å². The SMILES string of the molecule is NC1(C(=O)N2CCS(=O)(=O)C3(CCCCC3)C2)CCOCC1. The molecular formula is C15H26N2O4S. The van der Waals surface area contributed by atoms with Gasteiger partial charge in [0.05, 0.1) is 16.0 Å². The van der Waals surface area contributed by atoms with Gasteiger partial charge in [-0.15, -0.1) is 0 Å². The van der Waals surface area contributed by atoms with Crippen LogP contribution in [0.1, 0.15) is 44.9 Å². The minimum absolute atomic E-state index is 0.0747. The van der Waals surface area contributed by atoms with Crippen LogP contribution >= 0.6 is 0 Å². The number of sulfone groups is 1. The Morgan fingerprint density at radius 2 is 1.68 bits per heavy atom. The topological polar surface area (TPSA) is 89.7 Å². The predicted octanol–water partition coefficient (Wildman–Crippen LogP) is 0.454. The summed E-state index contributed by atoms with van der Waals surface area (Å²) < 4.78 is 29.8. The number of nitrogens with zero attached hydrogens (tertiary/aromatic N) is 1. The molecule has 3 fully saturated rings. The number of nitrogens with two attached hydrogens (primary N) is 1. The van der Waals surface area contributed by atoms with E-state index in [1.807, 2.05) is 0 Å². The smallest absolute Gasteiger partial charge is 0.242 e. The van der Waals surface area contributed by atoms with Crippen LogP contribution in [0.4, 0.5) is 0 Å². The van der Waals surface area contributed by atoms with Crippen molar-refractivity contribution in [3.8, 4) is 0 Å². The van der Waals surface area contributed by atoms with Crippen LogP contribution in [0.5, 0.6) is 0 Å². The van der Waals surface area contributed by atoms with Gasteiger partial charge in [0.1, 0.15) is 0 Å². The molecule has 1 saturated carbocycles. The van der Waals surface area contributed by atoms with E-state index in [0.717, 1.165) is 19.3 Å². The van der Waals surface area contributed by atoms with Crippen LogP contribution in [-0.4, -0.2) is 61.6 Å². The third-order valence-electron chi connectivity index (χ3n) is 5.63. The van der Waals surface area contributed by atoms with Crippen molar-refractivity contribution in [2.45, 2.75) is 55.2 Å². The molecule has 22 heavy (non-hydrogen) atoms. The maximum Gasteiger partial charge on any atom is 0.242 e. The molecule has 6 nitrogen and oxygen atoms in total. The maximum atomic E-state index is 12.9. The zero-order valence-corrected chi connectivity index (χ0v) is 13.9. The highest BCUT2D eigenvalue weighted by atomic mass is 32.2. The molecule has 1 amide bonds. The standard InChI is InChI=1S/C15H26N2O4S/c16-15(6-9-21-10-7-15)13(18)17-8-11-22(19,20)14(12-17)4-2-1-3-5-14/h1-12,16H2. The molecule has 7 heteroatoms. The van der Waals surface area contributed by atoms with E-state index in [1.54, 1.807) is 4.90 Å². The lowest BCUT2D eigenvalue weighted by Crippen LogP contribution is -2.65. The number of hydrogen-bond acceptors (Lipinski definition) is 5. The van der Waals surface area contributed by atoms with Gasteiger partial charge in [0.2, 0.25) is 5.91 Å². The molecule has 0 aromatic heterocycles. The Kier molecular flexibility index (Phi) is 4.24. The lowest BCUT2D eigenvalue weighted by Gasteiger charge is -2.46. The first kappa shape index (κ1) is 16.2. The van der Waals surface area contributed by atoms with E-state index in [0.29, 0.717) is 45.4 Å². The second-order valence-corrected chi connectivity index (χ2v) is 9.56. The maximum absolute atomic E-state index is 12.9. The Morgan fingerprint density at radius 1 is 1.05 bits per heavy atom. The Labute approximate surface area is 132 Å². The van der Waals surface area contributed by atoms with E-state index in [4.69, 9.17) is 10.5 Å². The first-order chi connectivity index (χ1) is 10.4. The van der Waals surface area contributed by atoms with Crippen LogP contribution in [0.3, 0.4) is 0 Å². The van der Waals surface area contributed by atoms with Crippen LogP contribution in [0.2, 0.25) is 0 Å². The molecule has 2 aliphatic heterocycles. The van der Waals surface area contributed by atoms with Crippen molar-refractivity contribution in [3.05, 3.63) is 0 Å². The fourth-order valence-electron chi connectivity index (χ4n) is 4.08. The zero-order chi connectivity index (χ0) is 15.8. The van der Waals surface area contributed by atoms with Gasteiger partial charge in [-0.05, 0) is 25.7 Å². The second-order valence-electron chi connectivity index (χ2n) is 7.06. The van der Waals surface area contributed by atoms with Gasteiger partial charge >= 0.3 is 0 Å². The largest absolute Gasteiger partial charge is 0.381 e. The molecule has 3 aliphatic rings. The molecule has 0 atom stereocenters. The van der Waals surface area contributed by atoms with Crippen molar-refractivity contribution in [1.82, 2.24) is 4.90 Å². The summed E-state index contributed by atoms with van der Waals surface area (Å²) in [6, 6.07) is 0. The zero-order valence-electron chi connectivity index (χ0n) is 13.1. The van der Waals surface area contributed by atoms with E-state index in [-0.39, 0.29) is 18.2 Å². The fourth-order valence-corrected chi connectivity index (χ4v) is 6.23. The molecule has 2 N–H and O–H groups in total. The van der Waals surface area contributed by atoms with Crippen molar-refractivity contribution in [3.63, 3.8) is 0 Å². The molecule has 0 radical (unpaired) electrons. The summed E-state index contributed by atoms with van der Waals surface area (Å²) in [7, 11) is -3.12. The van der Waals surface area contributed by atoms with Crippen molar-refractivity contribution in [2.75, 3.05) is 32.1 Å². The quantitative estimate of drug-likeness (QED) is 0.754. The average Bonchev–Trinajstić information content (AvgIpc) is 2.51. The van der Waals surface area contributed by atoms with Gasteiger partial charge in [0.25, 0.3) is 0 Å². The summed E-state index contributed by atoms with van der Waals surface area (Å²) >= 11 is 0. The van der Waals surface area contributed by atoms with Crippen molar-refractivity contribution >= 4 is 15.7 Å². The van der Waals surface area contributed by atoms with Crippen molar-refractivity contribution in [2.24, 2.45) is 5.73 Å². The van der Waals surface area contributed by atoms with Crippen LogP contribution in [-0.2, 0) is 19.4 Å². The molecule has 1 aliphatic carbocycles. The van der Waals surface area contributed by atoms with E-state index >= 15 is 0 Å². The van der Waals surface area contributed by atoms with Gasteiger partial charge in [-0.25, -0.2) is 8.42 Å². The molecule has 0 bridgehead atoms. The highest BCUT2D eigenvalue weighted by molar-refractivity contribution is 7.92. The Hall–Kier alpha value is -0.660. The molecule has 0 unspecified atom stereocenters. The number of ether oxygens (including phenoxy) is 1. The third kappa shape index (κ3) is 2.67. The van der Waals surface area contributed by atoms with E-state index < -0.39 is 20.1 Å². The van der Waals surface area contributed by atoms with Gasteiger partial charge in [0.15, 0.2) is 9.84 Å². The minimum atomic E-state index is -3.12. The molecule has 1 spiro atoms. The summed E-state index contributed by atoms with van der Waals surface area (Å²) in [6.45, 7) is 1.61.